The molecular weight excluding hydrogens is 416 g/mol. The lowest BCUT2D eigenvalue weighted by molar-refractivity contribution is -0.132. The van der Waals surface area contributed by atoms with Crippen LogP contribution in [0.1, 0.15) is 42.5 Å². The zero-order valence-electron chi connectivity index (χ0n) is 19.2. The summed E-state index contributed by atoms with van der Waals surface area (Å²) in [6, 6.07) is 16.3. The van der Waals surface area contributed by atoms with E-state index in [1.165, 1.54) is 11.1 Å². The number of amides is 1. The van der Waals surface area contributed by atoms with Gasteiger partial charge in [-0.3, -0.25) is 4.79 Å². The first kappa shape index (κ1) is 20.3. The quantitative estimate of drug-likeness (QED) is 0.579. The smallest absolute Gasteiger partial charge is 0.223 e. The van der Waals surface area contributed by atoms with Crippen LogP contribution in [0.3, 0.4) is 0 Å². The summed E-state index contributed by atoms with van der Waals surface area (Å²) in [5.41, 5.74) is 4.09. The summed E-state index contributed by atoms with van der Waals surface area (Å²) in [5.74, 6) is 3.13. The molecule has 1 spiro atoms. The van der Waals surface area contributed by atoms with Gasteiger partial charge in [0.25, 0.3) is 0 Å². The number of nitrogens with zero attached hydrogens (tertiary/aromatic N) is 2. The molecule has 170 valence electrons. The maximum absolute atomic E-state index is 13.2. The van der Waals surface area contributed by atoms with E-state index in [4.69, 9.17) is 14.0 Å². The number of carbonyl (C=O) groups is 1. The van der Waals surface area contributed by atoms with Crippen LogP contribution in [-0.4, -0.2) is 36.7 Å². The number of methoxy groups -OCH3 is 2. The highest BCUT2D eigenvalue weighted by Gasteiger charge is 2.64. The van der Waals surface area contributed by atoms with Crippen LogP contribution in [0.25, 0.3) is 11.3 Å². The number of aromatic nitrogens is 1. The van der Waals surface area contributed by atoms with Gasteiger partial charge in [-0.2, -0.15) is 0 Å². The second kappa shape index (κ2) is 7.37. The lowest BCUT2D eigenvalue weighted by Gasteiger charge is -2.45. The normalized spacial score (nSPS) is 27.8. The molecule has 3 heterocycles. The van der Waals surface area contributed by atoms with Crippen molar-refractivity contribution < 1.29 is 18.8 Å². The molecule has 2 aromatic carbocycles. The summed E-state index contributed by atoms with van der Waals surface area (Å²) in [4.78, 5) is 15.4. The van der Waals surface area contributed by atoms with Gasteiger partial charge in [-0.15, -0.1) is 0 Å². The molecule has 0 radical (unpaired) electrons. The average Bonchev–Trinajstić information content (AvgIpc) is 3.49. The highest BCUT2D eigenvalue weighted by molar-refractivity contribution is 5.82. The summed E-state index contributed by atoms with van der Waals surface area (Å²) >= 11 is 0. The summed E-state index contributed by atoms with van der Waals surface area (Å²) in [6.07, 6.45) is 2.28. The van der Waals surface area contributed by atoms with Crippen molar-refractivity contribution in [2.45, 2.75) is 37.6 Å². The van der Waals surface area contributed by atoms with E-state index in [-0.39, 0.29) is 23.3 Å². The van der Waals surface area contributed by atoms with Crippen molar-refractivity contribution >= 4 is 5.91 Å². The Morgan fingerprint density at radius 3 is 2.61 bits per heavy atom. The van der Waals surface area contributed by atoms with E-state index in [0.29, 0.717) is 12.3 Å². The molecule has 1 aliphatic carbocycles. The fraction of sp³-hybridized carbons (Fsp3) is 0.407. The van der Waals surface area contributed by atoms with E-state index in [2.05, 4.69) is 35.2 Å². The van der Waals surface area contributed by atoms with Gasteiger partial charge in [0, 0.05) is 36.4 Å². The fourth-order valence-corrected chi connectivity index (χ4v) is 6.81. The van der Waals surface area contributed by atoms with Crippen molar-refractivity contribution in [3.05, 3.63) is 65.4 Å². The first-order valence-corrected chi connectivity index (χ1v) is 11.6. The molecule has 1 aromatic heterocycles. The van der Waals surface area contributed by atoms with Crippen molar-refractivity contribution in [3.63, 3.8) is 0 Å². The molecule has 0 bridgehead atoms. The molecule has 3 aromatic rings. The Morgan fingerprint density at radius 2 is 1.85 bits per heavy atom. The Hall–Kier alpha value is -3.28. The fourth-order valence-electron chi connectivity index (χ4n) is 6.81. The van der Waals surface area contributed by atoms with Gasteiger partial charge in [0.1, 0.15) is 0 Å². The van der Waals surface area contributed by atoms with Crippen LogP contribution >= 0.6 is 0 Å². The number of rotatable bonds is 4. The standard InChI is InChI=1S/C27H28N2O4/c1-16-15-27-19-12-24(32-3)23(31-2)11-18(19)9-10-29(27)25(30)13-20(27)26(16)21-14-22(33-28-21)17-7-5-4-6-8-17/h4-8,11-12,14,16,20,26H,9-10,13,15H2,1-3H3. The van der Waals surface area contributed by atoms with Crippen LogP contribution in [0.15, 0.2) is 53.1 Å². The minimum Gasteiger partial charge on any atom is -0.493 e. The third-order valence-corrected chi connectivity index (χ3v) is 8.08. The molecule has 6 nitrogen and oxygen atoms in total. The van der Waals surface area contributed by atoms with Crippen molar-refractivity contribution in [2.24, 2.45) is 11.8 Å². The van der Waals surface area contributed by atoms with Gasteiger partial charge in [0.15, 0.2) is 17.3 Å². The van der Waals surface area contributed by atoms with Gasteiger partial charge in [0.2, 0.25) is 5.91 Å². The molecule has 4 atom stereocenters. The van der Waals surface area contributed by atoms with E-state index in [9.17, 15) is 4.79 Å². The number of ether oxygens (including phenoxy) is 2. The highest BCUT2D eigenvalue weighted by Crippen LogP contribution is 2.64. The minimum atomic E-state index is -0.333. The van der Waals surface area contributed by atoms with Crippen LogP contribution in [0.2, 0.25) is 0 Å². The minimum absolute atomic E-state index is 0.144. The Bertz CT molecular complexity index is 1220. The maximum Gasteiger partial charge on any atom is 0.223 e. The zero-order chi connectivity index (χ0) is 22.7. The summed E-state index contributed by atoms with van der Waals surface area (Å²) in [7, 11) is 3.34. The van der Waals surface area contributed by atoms with E-state index in [1.807, 2.05) is 30.3 Å². The van der Waals surface area contributed by atoms with E-state index in [1.54, 1.807) is 14.2 Å². The Balaban J connectivity index is 1.46. The number of carbonyl (C=O) groups excluding carboxylic acids is 1. The average molecular weight is 445 g/mol. The predicted octanol–water partition coefficient (Wildman–Crippen LogP) is 4.78. The van der Waals surface area contributed by atoms with Gasteiger partial charge in [-0.25, -0.2) is 0 Å². The summed E-state index contributed by atoms with van der Waals surface area (Å²) in [6.45, 7) is 3.03. The Kier molecular flexibility index (Phi) is 4.54. The maximum atomic E-state index is 13.2. The molecule has 1 saturated carbocycles. The van der Waals surface area contributed by atoms with Crippen molar-refractivity contribution in [1.82, 2.24) is 10.1 Å². The third kappa shape index (κ3) is 2.79. The summed E-state index contributed by atoms with van der Waals surface area (Å²) in [5, 5.41) is 4.51. The summed E-state index contributed by atoms with van der Waals surface area (Å²) < 4.78 is 17.0. The largest absolute Gasteiger partial charge is 0.493 e. The first-order valence-electron chi connectivity index (χ1n) is 11.6. The van der Waals surface area contributed by atoms with Crippen LogP contribution in [0.5, 0.6) is 11.5 Å². The van der Waals surface area contributed by atoms with Crippen LogP contribution in [0.4, 0.5) is 0 Å². The van der Waals surface area contributed by atoms with Crippen LogP contribution in [-0.2, 0) is 16.8 Å². The zero-order valence-corrected chi connectivity index (χ0v) is 19.2. The third-order valence-electron chi connectivity index (χ3n) is 8.08. The van der Waals surface area contributed by atoms with Crippen LogP contribution in [0, 0.1) is 11.8 Å². The monoisotopic (exact) mass is 444 g/mol. The molecular formula is C27H28N2O4. The molecule has 2 fully saturated rings. The molecule has 6 rings (SSSR count). The molecule has 1 saturated heterocycles. The van der Waals surface area contributed by atoms with Gasteiger partial charge < -0.3 is 18.9 Å². The molecule has 1 amide bonds. The topological polar surface area (TPSA) is 64.8 Å². The highest BCUT2D eigenvalue weighted by atomic mass is 16.5. The van der Waals surface area contributed by atoms with Crippen molar-refractivity contribution in [2.75, 3.05) is 20.8 Å². The first-order chi connectivity index (χ1) is 16.1. The SMILES string of the molecule is COc1cc2c(cc1OC)C13CC(C)C(c4cc(-c5ccccc5)on4)C1CC(=O)N3CC2. The Morgan fingerprint density at radius 1 is 1.09 bits per heavy atom. The van der Waals surface area contributed by atoms with Gasteiger partial charge in [0.05, 0.1) is 25.5 Å². The molecule has 2 aliphatic heterocycles. The second-order valence-corrected chi connectivity index (χ2v) is 9.58. The number of hydrogen-bond donors (Lipinski definition) is 0. The van der Waals surface area contributed by atoms with Gasteiger partial charge in [-0.05, 0) is 42.0 Å². The van der Waals surface area contributed by atoms with Gasteiger partial charge in [-0.1, -0.05) is 42.4 Å². The molecule has 3 aliphatic rings. The molecule has 6 heteroatoms. The van der Waals surface area contributed by atoms with Gasteiger partial charge >= 0.3 is 0 Å². The number of hydrogen-bond acceptors (Lipinski definition) is 5. The Labute approximate surface area is 193 Å². The van der Waals surface area contributed by atoms with Crippen molar-refractivity contribution in [3.8, 4) is 22.8 Å². The van der Waals surface area contributed by atoms with E-state index >= 15 is 0 Å². The molecule has 0 N–H and O–H groups in total. The predicted molar refractivity (Wildman–Crippen MR) is 123 cm³/mol. The molecule has 4 unspecified atom stereocenters. The van der Waals surface area contributed by atoms with Crippen molar-refractivity contribution in [1.29, 1.82) is 0 Å². The number of fused-ring (bicyclic) bond motifs is 1. The van der Waals surface area contributed by atoms with Crippen LogP contribution < -0.4 is 9.47 Å². The lowest BCUT2D eigenvalue weighted by Crippen LogP contribution is -2.49. The molecule has 33 heavy (non-hydrogen) atoms. The number of benzene rings is 2. The van der Waals surface area contributed by atoms with E-state index in [0.717, 1.165) is 47.9 Å². The second-order valence-electron chi connectivity index (χ2n) is 9.58. The van der Waals surface area contributed by atoms with E-state index < -0.39 is 0 Å². The lowest BCUT2D eigenvalue weighted by atomic mass is 9.73.